The lowest BCUT2D eigenvalue weighted by Crippen LogP contribution is -2.46. The molecule has 0 aromatic heterocycles. The molecule has 0 radical (unpaired) electrons. The minimum absolute atomic E-state index is 0.0358. The number of carbonyl (C=O) groups excluding carboxylic acids is 1. The van der Waals surface area contributed by atoms with Crippen LogP contribution in [0.5, 0.6) is 0 Å². The lowest BCUT2D eigenvalue weighted by Gasteiger charge is -2.43. The van der Waals surface area contributed by atoms with E-state index >= 15 is 0 Å². The van der Waals surface area contributed by atoms with Gasteiger partial charge in [0.25, 0.3) is 0 Å². The molecule has 1 amide bonds. The maximum atomic E-state index is 13.4. The van der Waals surface area contributed by atoms with Gasteiger partial charge in [0.2, 0.25) is 5.91 Å². The summed E-state index contributed by atoms with van der Waals surface area (Å²) in [5.41, 5.74) is 5.95. The van der Waals surface area contributed by atoms with Gasteiger partial charge in [-0.2, -0.15) is 0 Å². The van der Waals surface area contributed by atoms with Crippen molar-refractivity contribution in [3.8, 4) is 0 Å². The largest absolute Gasteiger partial charge is 0.454 e. The quantitative estimate of drug-likeness (QED) is 0.421. The maximum Gasteiger partial charge on any atom is 0.454 e. The average Bonchev–Trinajstić information content (AvgIpc) is 2.84. The summed E-state index contributed by atoms with van der Waals surface area (Å²) >= 11 is 6.77. The number of rotatable bonds is 5. The van der Waals surface area contributed by atoms with E-state index in [4.69, 9.17) is 17.3 Å². The third-order valence-corrected chi connectivity index (χ3v) is 10.2. The van der Waals surface area contributed by atoms with Crippen molar-refractivity contribution in [1.29, 1.82) is 0 Å². The molecule has 0 aromatic rings. The summed E-state index contributed by atoms with van der Waals surface area (Å²) in [6.07, 6.45) is 14.1. The van der Waals surface area contributed by atoms with E-state index in [1.54, 1.807) is 0 Å². The Hall–Kier alpha value is -0.295. The van der Waals surface area contributed by atoms with Crippen molar-refractivity contribution < 1.29 is 14.8 Å². The number of amides is 1. The minimum Gasteiger partial charge on any atom is -0.427 e. The van der Waals surface area contributed by atoms with Crippen LogP contribution < -0.4 is 5.73 Å². The van der Waals surface area contributed by atoms with Crippen molar-refractivity contribution in [1.82, 2.24) is 4.90 Å². The number of nitrogens with two attached hydrogens (primary N) is 1. The number of piperidine rings is 1. The highest BCUT2D eigenvalue weighted by Gasteiger charge is 2.42. The van der Waals surface area contributed by atoms with Crippen molar-refractivity contribution in [2.45, 2.75) is 94.7 Å². The molecule has 4 fully saturated rings. The molecule has 7 atom stereocenters. The number of alkyl halides is 1. The van der Waals surface area contributed by atoms with Gasteiger partial charge in [0.1, 0.15) is 0 Å². The summed E-state index contributed by atoms with van der Waals surface area (Å²) in [5.74, 6) is 3.46. The second-order valence-electron chi connectivity index (χ2n) is 11.5. The second-order valence-corrected chi connectivity index (χ2v) is 12.0. The monoisotopic (exact) mass is 466 g/mol. The lowest BCUT2D eigenvalue weighted by atomic mass is 9.59. The van der Waals surface area contributed by atoms with Gasteiger partial charge in [-0.25, -0.2) is 0 Å². The topological polar surface area (TPSA) is 86.8 Å². The molecule has 4 N–H and O–H groups in total. The van der Waals surface area contributed by atoms with Crippen molar-refractivity contribution in [3.63, 3.8) is 0 Å². The molecule has 4 rings (SSSR count). The molecule has 7 unspecified atom stereocenters. The van der Waals surface area contributed by atoms with Gasteiger partial charge >= 0.3 is 7.12 Å². The zero-order valence-electron chi connectivity index (χ0n) is 19.7. The molecule has 5 nitrogen and oxygen atoms in total. The molecule has 1 heterocycles. The first kappa shape index (κ1) is 24.8. The van der Waals surface area contributed by atoms with Crippen LogP contribution in [0.4, 0.5) is 0 Å². The standard InChI is InChI=1S/C25H44BClN2O3/c27-24-8-7-21(15-23(24)20-5-2-6-22(14-20)26(31)32)25(30)29-11-9-18(10-12-29)19-4-1-3-17(13-19)16-28/h17-24,31-32H,1-16,28H2. The van der Waals surface area contributed by atoms with Gasteiger partial charge < -0.3 is 20.7 Å². The average molecular weight is 467 g/mol. The molecule has 1 aliphatic heterocycles. The molecule has 182 valence electrons. The van der Waals surface area contributed by atoms with E-state index in [1.807, 2.05) is 0 Å². The van der Waals surface area contributed by atoms with Crippen LogP contribution in [-0.4, -0.2) is 53.0 Å². The Labute approximate surface area is 200 Å². The van der Waals surface area contributed by atoms with Gasteiger partial charge in [0.15, 0.2) is 0 Å². The van der Waals surface area contributed by atoms with E-state index in [0.29, 0.717) is 23.7 Å². The van der Waals surface area contributed by atoms with Crippen LogP contribution in [0, 0.1) is 35.5 Å². The molecule has 3 saturated carbocycles. The fraction of sp³-hybridized carbons (Fsp3) is 0.960. The van der Waals surface area contributed by atoms with Crippen LogP contribution in [0.2, 0.25) is 5.82 Å². The van der Waals surface area contributed by atoms with Crippen LogP contribution in [0.3, 0.4) is 0 Å². The molecule has 32 heavy (non-hydrogen) atoms. The van der Waals surface area contributed by atoms with Gasteiger partial charge in [0, 0.05) is 24.4 Å². The van der Waals surface area contributed by atoms with Crippen LogP contribution in [-0.2, 0) is 4.79 Å². The van der Waals surface area contributed by atoms with Gasteiger partial charge in [-0.15, -0.1) is 11.6 Å². The first-order chi connectivity index (χ1) is 15.5. The van der Waals surface area contributed by atoms with Gasteiger partial charge in [0.05, 0.1) is 0 Å². The smallest absolute Gasteiger partial charge is 0.427 e. The number of halogens is 1. The summed E-state index contributed by atoms with van der Waals surface area (Å²) < 4.78 is 0. The predicted octanol–water partition coefficient (Wildman–Crippen LogP) is 4.05. The Kier molecular flexibility index (Phi) is 8.86. The maximum absolute atomic E-state index is 13.4. The van der Waals surface area contributed by atoms with Gasteiger partial charge in [-0.05, 0) is 93.3 Å². The Morgan fingerprint density at radius 1 is 0.875 bits per heavy atom. The molecular weight excluding hydrogens is 423 g/mol. The highest BCUT2D eigenvalue weighted by molar-refractivity contribution is 6.43. The fourth-order valence-corrected chi connectivity index (χ4v) is 8.07. The van der Waals surface area contributed by atoms with E-state index in [0.717, 1.165) is 89.3 Å². The molecule has 1 saturated heterocycles. The molecule has 0 bridgehead atoms. The first-order valence-corrected chi connectivity index (χ1v) is 13.9. The molecule has 3 aliphatic carbocycles. The van der Waals surface area contributed by atoms with Crippen molar-refractivity contribution in [2.75, 3.05) is 19.6 Å². The number of nitrogens with zero attached hydrogens (tertiary/aromatic N) is 1. The number of carbonyl (C=O) groups is 1. The molecule has 7 heteroatoms. The summed E-state index contributed by atoms with van der Waals surface area (Å²) in [5, 5.41) is 19.5. The predicted molar refractivity (Wildman–Crippen MR) is 130 cm³/mol. The zero-order chi connectivity index (χ0) is 22.7. The Balaban J connectivity index is 1.29. The zero-order valence-corrected chi connectivity index (χ0v) is 20.5. The van der Waals surface area contributed by atoms with Crippen LogP contribution in [0.1, 0.15) is 83.5 Å². The Morgan fingerprint density at radius 2 is 1.59 bits per heavy atom. The Morgan fingerprint density at radius 3 is 2.31 bits per heavy atom. The normalized spacial score (nSPS) is 39.6. The van der Waals surface area contributed by atoms with Gasteiger partial charge in [-0.3, -0.25) is 4.79 Å². The molecule has 0 spiro atoms. The third-order valence-electron chi connectivity index (χ3n) is 9.62. The van der Waals surface area contributed by atoms with Crippen molar-refractivity contribution in [3.05, 3.63) is 0 Å². The van der Waals surface area contributed by atoms with E-state index in [2.05, 4.69) is 4.90 Å². The highest BCUT2D eigenvalue weighted by atomic mass is 35.5. The second kappa shape index (κ2) is 11.4. The highest BCUT2D eigenvalue weighted by Crippen LogP contribution is 2.46. The summed E-state index contributed by atoms with van der Waals surface area (Å²) in [6, 6.07) is 0. The summed E-state index contributed by atoms with van der Waals surface area (Å²) in [7, 11) is -1.22. The van der Waals surface area contributed by atoms with Crippen molar-refractivity contribution in [2.24, 2.45) is 41.2 Å². The number of hydrogen-bond acceptors (Lipinski definition) is 4. The minimum atomic E-state index is -1.22. The van der Waals surface area contributed by atoms with E-state index in [9.17, 15) is 14.8 Å². The SMILES string of the molecule is NCC1CCCC(C2CCN(C(=O)C3CCC(Cl)C(C4CCCC(B(O)O)C4)C3)CC2)C1. The van der Waals surface area contributed by atoms with Gasteiger partial charge in [-0.1, -0.05) is 32.1 Å². The number of hydrogen-bond donors (Lipinski definition) is 3. The van der Waals surface area contributed by atoms with E-state index < -0.39 is 7.12 Å². The lowest BCUT2D eigenvalue weighted by molar-refractivity contribution is -0.139. The summed E-state index contributed by atoms with van der Waals surface area (Å²) in [6.45, 7) is 2.67. The van der Waals surface area contributed by atoms with Crippen LogP contribution >= 0.6 is 11.6 Å². The molecule has 0 aromatic carbocycles. The van der Waals surface area contributed by atoms with Crippen molar-refractivity contribution >= 4 is 24.6 Å². The van der Waals surface area contributed by atoms with Crippen LogP contribution in [0.25, 0.3) is 0 Å². The Bertz CT molecular complexity index is 616. The van der Waals surface area contributed by atoms with Crippen LogP contribution in [0.15, 0.2) is 0 Å². The first-order valence-electron chi connectivity index (χ1n) is 13.4. The van der Waals surface area contributed by atoms with E-state index in [1.165, 1.54) is 25.7 Å². The summed E-state index contributed by atoms with van der Waals surface area (Å²) in [4.78, 5) is 15.6. The molecule has 4 aliphatic rings. The number of likely N-dealkylation sites (tertiary alicyclic amines) is 1. The molecular formula is C25H44BClN2O3. The fourth-order valence-electron chi connectivity index (χ4n) is 7.63. The third kappa shape index (κ3) is 5.85. The van der Waals surface area contributed by atoms with E-state index in [-0.39, 0.29) is 17.1 Å².